The molecule has 160 valence electrons. The van der Waals surface area contributed by atoms with Crippen LogP contribution in [0.5, 0.6) is 0 Å². The van der Waals surface area contributed by atoms with Crippen LogP contribution in [0.1, 0.15) is 40.7 Å². The van der Waals surface area contributed by atoms with Gasteiger partial charge in [0, 0.05) is 37.5 Å². The first kappa shape index (κ1) is 21.5. The van der Waals surface area contributed by atoms with Gasteiger partial charge in [-0.3, -0.25) is 14.9 Å². The molecule has 1 aliphatic heterocycles. The molecule has 2 aromatic rings. The van der Waals surface area contributed by atoms with Gasteiger partial charge in [0.1, 0.15) is 12.4 Å². The van der Waals surface area contributed by atoms with Crippen LogP contribution in [0.15, 0.2) is 36.5 Å². The maximum atomic E-state index is 12.7. The summed E-state index contributed by atoms with van der Waals surface area (Å²) in [7, 11) is 1.53. The third-order valence-electron chi connectivity index (χ3n) is 4.84. The number of benzene rings is 1. The van der Waals surface area contributed by atoms with Gasteiger partial charge in [0.25, 0.3) is 5.91 Å². The molecule has 0 bridgehead atoms. The molecular weight excluding hydrogens is 386 g/mol. The van der Waals surface area contributed by atoms with Crippen LogP contribution in [0.4, 0.5) is 16.3 Å². The number of amides is 3. The number of nitrogens with two attached hydrogens (primary N) is 1. The van der Waals surface area contributed by atoms with E-state index in [9.17, 15) is 9.59 Å². The third-order valence-corrected chi connectivity index (χ3v) is 4.84. The summed E-state index contributed by atoms with van der Waals surface area (Å²) in [6.07, 6.45) is 5.07. The first-order valence-corrected chi connectivity index (χ1v) is 9.91. The van der Waals surface area contributed by atoms with Crippen LogP contribution in [-0.4, -0.2) is 43.3 Å². The van der Waals surface area contributed by atoms with Crippen LogP contribution in [0.25, 0.3) is 0 Å². The summed E-state index contributed by atoms with van der Waals surface area (Å²) in [5.74, 6) is 0.0362. The molecule has 1 saturated heterocycles. The lowest BCUT2D eigenvalue weighted by Gasteiger charge is -2.22. The van der Waals surface area contributed by atoms with E-state index in [1.165, 1.54) is 7.05 Å². The van der Waals surface area contributed by atoms with Crippen molar-refractivity contribution in [3.05, 3.63) is 53.2 Å². The Balaban J connectivity index is 1.67. The molecule has 1 aliphatic rings. The SMILES string of the molecule is CNC(=O)Nc1cc(Cc2c(N)cccc2C(=O)NOCC2CCCCO2)ccn1. The summed E-state index contributed by atoms with van der Waals surface area (Å²) in [4.78, 5) is 33.7. The van der Waals surface area contributed by atoms with Crippen LogP contribution in [-0.2, 0) is 16.0 Å². The predicted molar refractivity (Wildman–Crippen MR) is 113 cm³/mol. The zero-order valence-corrected chi connectivity index (χ0v) is 16.9. The average Bonchev–Trinajstić information content (AvgIpc) is 2.76. The highest BCUT2D eigenvalue weighted by Crippen LogP contribution is 2.22. The number of hydrogen-bond acceptors (Lipinski definition) is 6. The van der Waals surface area contributed by atoms with Crippen LogP contribution < -0.4 is 21.8 Å². The Kier molecular flexibility index (Phi) is 7.58. The number of rotatable bonds is 7. The summed E-state index contributed by atoms with van der Waals surface area (Å²) in [6, 6.07) is 8.35. The van der Waals surface area contributed by atoms with Crippen LogP contribution in [0.3, 0.4) is 0 Å². The number of urea groups is 1. The largest absolute Gasteiger partial charge is 0.398 e. The summed E-state index contributed by atoms with van der Waals surface area (Å²) in [6.45, 7) is 1.03. The van der Waals surface area contributed by atoms with Gasteiger partial charge in [0.15, 0.2) is 0 Å². The van der Waals surface area contributed by atoms with Gasteiger partial charge in [-0.05, 0) is 54.7 Å². The van der Waals surface area contributed by atoms with E-state index in [2.05, 4.69) is 21.1 Å². The Morgan fingerprint density at radius 2 is 2.17 bits per heavy atom. The standard InChI is InChI=1S/C21H27N5O4/c1-23-21(28)25-19-12-14(8-9-24-19)11-17-16(6-4-7-18(17)22)20(27)26-30-13-15-5-2-3-10-29-15/h4,6-9,12,15H,2-3,5,10-11,13,22H2,1H3,(H,26,27)(H2,23,24,25,28). The molecule has 9 nitrogen and oxygen atoms in total. The highest BCUT2D eigenvalue weighted by molar-refractivity contribution is 5.96. The Labute approximate surface area is 175 Å². The number of carbonyl (C=O) groups is 2. The van der Waals surface area contributed by atoms with Crippen molar-refractivity contribution in [1.82, 2.24) is 15.8 Å². The molecule has 3 rings (SSSR count). The molecular formula is C21H27N5O4. The molecule has 0 spiro atoms. The first-order chi connectivity index (χ1) is 14.6. The maximum Gasteiger partial charge on any atom is 0.320 e. The van der Waals surface area contributed by atoms with Gasteiger partial charge in [-0.2, -0.15) is 0 Å². The van der Waals surface area contributed by atoms with Crippen molar-refractivity contribution in [2.24, 2.45) is 0 Å². The number of carbonyl (C=O) groups excluding carboxylic acids is 2. The molecule has 5 N–H and O–H groups in total. The number of hydroxylamine groups is 1. The minimum Gasteiger partial charge on any atom is -0.398 e. The van der Waals surface area contributed by atoms with Crippen LogP contribution in [0.2, 0.25) is 0 Å². The lowest BCUT2D eigenvalue weighted by Crippen LogP contribution is -2.32. The molecule has 1 aromatic carbocycles. The van der Waals surface area contributed by atoms with Gasteiger partial charge in [-0.15, -0.1) is 0 Å². The normalized spacial score (nSPS) is 16.0. The fourth-order valence-electron chi connectivity index (χ4n) is 3.24. The second kappa shape index (κ2) is 10.6. The number of aromatic nitrogens is 1. The third kappa shape index (κ3) is 5.91. The molecule has 0 saturated carbocycles. The van der Waals surface area contributed by atoms with Gasteiger partial charge in [0.05, 0.1) is 6.10 Å². The topological polar surface area (TPSA) is 128 Å². The van der Waals surface area contributed by atoms with Crippen molar-refractivity contribution in [2.75, 3.05) is 31.3 Å². The second-order valence-electron chi connectivity index (χ2n) is 7.03. The molecule has 1 fully saturated rings. The van der Waals surface area contributed by atoms with Crippen molar-refractivity contribution in [3.63, 3.8) is 0 Å². The van der Waals surface area contributed by atoms with Gasteiger partial charge in [-0.1, -0.05) is 6.07 Å². The molecule has 3 amide bonds. The van der Waals surface area contributed by atoms with Crippen molar-refractivity contribution in [3.8, 4) is 0 Å². The fraction of sp³-hybridized carbons (Fsp3) is 0.381. The quantitative estimate of drug-likeness (QED) is 0.407. The highest BCUT2D eigenvalue weighted by atomic mass is 16.7. The first-order valence-electron chi connectivity index (χ1n) is 9.91. The van der Waals surface area contributed by atoms with E-state index >= 15 is 0 Å². The minimum atomic E-state index is -0.370. The molecule has 0 aliphatic carbocycles. The number of ether oxygens (including phenoxy) is 1. The molecule has 1 unspecified atom stereocenters. The van der Waals surface area contributed by atoms with E-state index in [0.717, 1.165) is 31.4 Å². The number of hydrogen-bond donors (Lipinski definition) is 4. The number of nitrogen functional groups attached to an aromatic ring is 1. The lowest BCUT2D eigenvalue weighted by molar-refractivity contribution is -0.0622. The number of nitrogens with zero attached hydrogens (tertiary/aromatic N) is 1. The van der Waals surface area contributed by atoms with Crippen molar-refractivity contribution >= 4 is 23.4 Å². The van der Waals surface area contributed by atoms with E-state index < -0.39 is 0 Å². The molecule has 1 atom stereocenters. The zero-order valence-electron chi connectivity index (χ0n) is 16.9. The van der Waals surface area contributed by atoms with Crippen LogP contribution >= 0.6 is 0 Å². The van der Waals surface area contributed by atoms with E-state index in [1.807, 2.05) is 0 Å². The van der Waals surface area contributed by atoms with E-state index in [-0.39, 0.29) is 18.0 Å². The van der Waals surface area contributed by atoms with Gasteiger partial charge in [0.2, 0.25) is 0 Å². The zero-order chi connectivity index (χ0) is 21.3. The number of anilines is 2. The predicted octanol–water partition coefficient (Wildman–Crippen LogP) is 2.24. The average molecular weight is 413 g/mol. The Bertz CT molecular complexity index is 883. The van der Waals surface area contributed by atoms with Crippen molar-refractivity contribution in [1.29, 1.82) is 0 Å². The molecule has 2 heterocycles. The van der Waals surface area contributed by atoms with E-state index in [4.69, 9.17) is 15.3 Å². The Hall–Kier alpha value is -3.17. The second-order valence-corrected chi connectivity index (χ2v) is 7.03. The summed E-state index contributed by atoms with van der Waals surface area (Å²) < 4.78 is 5.60. The smallest absolute Gasteiger partial charge is 0.320 e. The van der Waals surface area contributed by atoms with Crippen molar-refractivity contribution < 1.29 is 19.2 Å². The fourth-order valence-corrected chi connectivity index (χ4v) is 3.24. The maximum absolute atomic E-state index is 12.7. The summed E-state index contributed by atoms with van der Waals surface area (Å²) in [5, 5.41) is 5.10. The number of pyridine rings is 1. The van der Waals surface area contributed by atoms with Gasteiger partial charge in [-0.25, -0.2) is 15.3 Å². The highest BCUT2D eigenvalue weighted by Gasteiger charge is 2.17. The molecule has 9 heteroatoms. The molecule has 1 aromatic heterocycles. The summed E-state index contributed by atoms with van der Waals surface area (Å²) >= 11 is 0. The van der Waals surface area contributed by atoms with E-state index in [1.54, 1.807) is 36.5 Å². The Morgan fingerprint density at radius 3 is 2.93 bits per heavy atom. The Morgan fingerprint density at radius 1 is 1.30 bits per heavy atom. The monoisotopic (exact) mass is 413 g/mol. The van der Waals surface area contributed by atoms with Gasteiger partial charge >= 0.3 is 6.03 Å². The minimum absolute atomic E-state index is 0.00224. The molecule has 0 radical (unpaired) electrons. The van der Waals surface area contributed by atoms with Gasteiger partial charge < -0.3 is 15.8 Å². The summed E-state index contributed by atoms with van der Waals surface area (Å²) in [5.41, 5.74) is 11.1. The van der Waals surface area contributed by atoms with E-state index in [0.29, 0.717) is 35.7 Å². The van der Waals surface area contributed by atoms with Crippen LogP contribution in [0, 0.1) is 0 Å². The molecule has 30 heavy (non-hydrogen) atoms. The van der Waals surface area contributed by atoms with Crippen molar-refractivity contribution in [2.45, 2.75) is 31.8 Å². The number of nitrogens with one attached hydrogen (secondary N) is 3. The lowest BCUT2D eigenvalue weighted by atomic mass is 9.98.